The molecule has 182 valence electrons. The Morgan fingerprint density at radius 1 is 1.19 bits per heavy atom. The van der Waals surface area contributed by atoms with Gasteiger partial charge in [-0.3, -0.25) is 14.2 Å². The van der Waals surface area contributed by atoms with Gasteiger partial charge in [-0.1, -0.05) is 47.7 Å². The Labute approximate surface area is 209 Å². The number of fused-ring (bicyclic) bond motifs is 2. The van der Waals surface area contributed by atoms with E-state index in [1.807, 2.05) is 18.2 Å². The number of esters is 1. The van der Waals surface area contributed by atoms with Crippen LogP contribution in [0.2, 0.25) is 0 Å². The number of allylic oxidation sites excluding steroid dienone is 1. The molecule has 1 atom stereocenters. The lowest BCUT2D eigenvalue weighted by molar-refractivity contribution is -0.139. The van der Waals surface area contributed by atoms with Gasteiger partial charge in [0, 0.05) is 12.1 Å². The summed E-state index contributed by atoms with van der Waals surface area (Å²) in [7, 11) is 0. The Balaban J connectivity index is 1.82. The van der Waals surface area contributed by atoms with Crippen molar-refractivity contribution in [1.82, 2.24) is 4.57 Å². The minimum absolute atomic E-state index is 0.144. The molecule has 0 bridgehead atoms. The van der Waals surface area contributed by atoms with Gasteiger partial charge >= 0.3 is 5.97 Å². The first kappa shape index (κ1) is 23.6. The number of anilines is 1. The molecule has 0 fully saturated rings. The molecule has 1 amide bonds. The van der Waals surface area contributed by atoms with Gasteiger partial charge in [0.25, 0.3) is 11.5 Å². The highest BCUT2D eigenvalue weighted by atomic mass is 32.1. The van der Waals surface area contributed by atoms with E-state index in [1.54, 1.807) is 30.9 Å². The second-order valence-corrected chi connectivity index (χ2v) is 9.25. The van der Waals surface area contributed by atoms with Crippen molar-refractivity contribution in [1.29, 1.82) is 0 Å². The predicted octanol–water partition coefficient (Wildman–Crippen LogP) is 2.84. The van der Waals surface area contributed by atoms with Gasteiger partial charge in [-0.25, -0.2) is 14.2 Å². The van der Waals surface area contributed by atoms with Crippen molar-refractivity contribution in [2.24, 2.45) is 4.99 Å². The molecule has 2 aromatic carbocycles. The molecule has 7 nitrogen and oxygen atoms in total. The topological polar surface area (TPSA) is 81.0 Å². The van der Waals surface area contributed by atoms with Crippen LogP contribution < -0.4 is 19.8 Å². The van der Waals surface area contributed by atoms with E-state index >= 15 is 0 Å². The van der Waals surface area contributed by atoms with Crippen LogP contribution in [0.4, 0.5) is 10.1 Å². The number of rotatable bonds is 5. The van der Waals surface area contributed by atoms with Crippen LogP contribution in [0.15, 0.2) is 82.2 Å². The minimum atomic E-state index is -0.883. The Bertz CT molecular complexity index is 1630. The largest absolute Gasteiger partial charge is 0.463 e. The Morgan fingerprint density at radius 2 is 1.92 bits per heavy atom. The number of thiazole rings is 1. The summed E-state index contributed by atoms with van der Waals surface area (Å²) in [4.78, 5) is 46.9. The Morgan fingerprint density at radius 3 is 2.61 bits per heavy atom. The van der Waals surface area contributed by atoms with E-state index in [9.17, 15) is 18.8 Å². The number of hydrogen-bond donors (Lipinski definition) is 0. The quantitative estimate of drug-likeness (QED) is 0.396. The Kier molecular flexibility index (Phi) is 6.01. The highest BCUT2D eigenvalue weighted by Crippen LogP contribution is 2.35. The van der Waals surface area contributed by atoms with E-state index < -0.39 is 23.4 Å². The molecule has 0 aliphatic carbocycles. The van der Waals surface area contributed by atoms with Gasteiger partial charge in [-0.15, -0.1) is 6.58 Å². The molecule has 0 saturated carbocycles. The number of para-hydroxylation sites is 1. The summed E-state index contributed by atoms with van der Waals surface area (Å²) in [6.07, 6.45) is 1.63. The van der Waals surface area contributed by atoms with Gasteiger partial charge < -0.3 is 9.64 Å². The molecule has 0 unspecified atom stereocenters. The molecule has 0 N–H and O–H groups in total. The zero-order valence-electron chi connectivity index (χ0n) is 19.7. The molecule has 36 heavy (non-hydrogen) atoms. The van der Waals surface area contributed by atoms with Crippen molar-refractivity contribution in [3.05, 3.63) is 109 Å². The molecular weight excluding hydrogens is 481 g/mol. The summed E-state index contributed by atoms with van der Waals surface area (Å²) in [5.41, 5.74) is 2.29. The number of hydrogen-bond acceptors (Lipinski definition) is 6. The third-order valence-electron chi connectivity index (χ3n) is 6.14. The summed E-state index contributed by atoms with van der Waals surface area (Å²) < 4.78 is 20.6. The van der Waals surface area contributed by atoms with Crippen LogP contribution in [0, 0.1) is 5.82 Å². The zero-order valence-corrected chi connectivity index (χ0v) is 20.5. The summed E-state index contributed by atoms with van der Waals surface area (Å²) in [6.45, 7) is 7.54. The number of halogens is 1. The SMILES string of the molecule is C=CCN1C(=O)/C(=c2\sc3n(c2=O)[C@@H](c2ccc(F)cc2)C(C(=O)OCC)=C(C)N=3)c2ccccc21. The first-order valence-electron chi connectivity index (χ1n) is 11.4. The molecule has 0 spiro atoms. The van der Waals surface area contributed by atoms with E-state index in [0.717, 1.165) is 11.3 Å². The molecule has 0 radical (unpaired) electrons. The van der Waals surface area contributed by atoms with E-state index in [0.29, 0.717) is 33.9 Å². The van der Waals surface area contributed by atoms with Crippen LogP contribution in [-0.2, 0) is 14.3 Å². The van der Waals surface area contributed by atoms with Crippen molar-refractivity contribution in [2.45, 2.75) is 19.9 Å². The first-order valence-corrected chi connectivity index (χ1v) is 12.2. The minimum Gasteiger partial charge on any atom is -0.463 e. The molecule has 3 heterocycles. The van der Waals surface area contributed by atoms with Crippen LogP contribution in [0.25, 0.3) is 5.57 Å². The highest BCUT2D eigenvalue weighted by Gasteiger charge is 2.37. The number of aromatic nitrogens is 1. The lowest BCUT2D eigenvalue weighted by atomic mass is 9.96. The van der Waals surface area contributed by atoms with Gasteiger partial charge in [0.2, 0.25) is 0 Å². The molecule has 9 heteroatoms. The maximum absolute atomic E-state index is 14.0. The van der Waals surface area contributed by atoms with E-state index in [-0.39, 0.29) is 28.2 Å². The van der Waals surface area contributed by atoms with Gasteiger partial charge in [0.15, 0.2) is 4.80 Å². The Hall–Kier alpha value is -4.11. The normalized spacial score (nSPS) is 18.0. The molecule has 2 aliphatic heterocycles. The third-order valence-corrected chi connectivity index (χ3v) is 7.19. The monoisotopic (exact) mass is 503 g/mol. The van der Waals surface area contributed by atoms with Crippen LogP contribution in [0.1, 0.15) is 31.0 Å². The standard InChI is InChI=1S/C27H22FN3O4S/c1-4-14-30-19-9-7-6-8-18(19)21(24(30)32)23-25(33)31-22(16-10-12-17(28)13-11-16)20(26(34)35-5-2)15(3)29-27(31)36-23/h4,6-13,22H,1,5,14H2,2-3H3/b23-21-/t22-/m0/s1. The molecule has 3 aromatic rings. The number of nitrogens with zero attached hydrogens (tertiary/aromatic N) is 3. The lowest BCUT2D eigenvalue weighted by Gasteiger charge is -2.24. The van der Waals surface area contributed by atoms with Crippen LogP contribution >= 0.6 is 11.3 Å². The van der Waals surface area contributed by atoms with Crippen molar-refractivity contribution in [2.75, 3.05) is 18.1 Å². The lowest BCUT2D eigenvalue weighted by Crippen LogP contribution is -2.41. The maximum atomic E-state index is 14.0. The molecule has 2 aliphatic rings. The zero-order chi connectivity index (χ0) is 25.6. The second kappa shape index (κ2) is 9.16. The highest BCUT2D eigenvalue weighted by molar-refractivity contribution is 7.07. The van der Waals surface area contributed by atoms with E-state index in [1.165, 1.54) is 28.8 Å². The molecular formula is C27H22FN3O4S. The van der Waals surface area contributed by atoms with Gasteiger partial charge in [-0.2, -0.15) is 0 Å². The van der Waals surface area contributed by atoms with Gasteiger partial charge in [-0.05, 0) is 37.6 Å². The van der Waals surface area contributed by atoms with Crippen LogP contribution in [-0.4, -0.2) is 29.6 Å². The summed E-state index contributed by atoms with van der Waals surface area (Å²) in [5, 5.41) is 0. The second-order valence-electron chi connectivity index (χ2n) is 8.27. The number of amides is 1. The van der Waals surface area contributed by atoms with Crippen LogP contribution in [0.5, 0.6) is 0 Å². The number of benzene rings is 2. The smallest absolute Gasteiger partial charge is 0.338 e. The third kappa shape index (κ3) is 3.63. The summed E-state index contributed by atoms with van der Waals surface area (Å²) in [6, 6.07) is 12.0. The first-order chi connectivity index (χ1) is 17.4. The average molecular weight is 504 g/mol. The maximum Gasteiger partial charge on any atom is 0.338 e. The van der Waals surface area contributed by atoms with Crippen molar-refractivity contribution in [3.8, 4) is 0 Å². The van der Waals surface area contributed by atoms with Crippen molar-refractivity contribution in [3.63, 3.8) is 0 Å². The van der Waals surface area contributed by atoms with Gasteiger partial charge in [0.1, 0.15) is 10.3 Å². The van der Waals surface area contributed by atoms with Crippen molar-refractivity contribution < 1.29 is 18.7 Å². The summed E-state index contributed by atoms with van der Waals surface area (Å²) in [5.74, 6) is -1.35. The van der Waals surface area contributed by atoms with Crippen LogP contribution in [0.3, 0.4) is 0 Å². The molecule has 0 saturated heterocycles. The number of carbonyl (C=O) groups is 2. The fourth-order valence-electron chi connectivity index (χ4n) is 4.61. The molecule has 5 rings (SSSR count). The average Bonchev–Trinajstić information content (AvgIpc) is 3.32. The van der Waals surface area contributed by atoms with E-state index in [2.05, 4.69) is 11.6 Å². The van der Waals surface area contributed by atoms with E-state index in [4.69, 9.17) is 4.74 Å². The molecule has 1 aromatic heterocycles. The fourth-order valence-corrected chi connectivity index (χ4v) is 5.75. The van der Waals surface area contributed by atoms with Gasteiger partial charge in [0.05, 0.1) is 35.2 Å². The fraction of sp³-hybridized carbons (Fsp3) is 0.185. The predicted molar refractivity (Wildman–Crippen MR) is 135 cm³/mol. The number of ether oxygens (including phenoxy) is 1. The summed E-state index contributed by atoms with van der Waals surface area (Å²) >= 11 is 1.09. The number of carbonyl (C=O) groups excluding carboxylic acids is 2. The van der Waals surface area contributed by atoms with Crippen molar-refractivity contribution >= 4 is 34.5 Å².